The maximum atomic E-state index is 12.9. The molecule has 0 saturated carbocycles. The van der Waals surface area contributed by atoms with Crippen molar-refractivity contribution in [3.63, 3.8) is 0 Å². The van der Waals surface area contributed by atoms with Gasteiger partial charge in [0.2, 0.25) is 10.0 Å². The predicted octanol–water partition coefficient (Wildman–Crippen LogP) is 3.39. The molecular weight excluding hydrogens is 428 g/mol. The fraction of sp³-hybridized carbons (Fsp3) is 0.417. The number of carbonyl (C=O) groups excluding carboxylic acids is 2. The summed E-state index contributed by atoms with van der Waals surface area (Å²) in [5, 5.41) is 0. The molecule has 2 aromatic carbocycles. The first-order valence-electron chi connectivity index (χ1n) is 11.1. The molecule has 8 heteroatoms. The van der Waals surface area contributed by atoms with Gasteiger partial charge in [-0.1, -0.05) is 31.0 Å². The van der Waals surface area contributed by atoms with Crippen molar-refractivity contribution in [3.8, 4) is 0 Å². The van der Waals surface area contributed by atoms with Gasteiger partial charge in [-0.15, -0.1) is 0 Å². The average Bonchev–Trinajstić information content (AvgIpc) is 3.03. The summed E-state index contributed by atoms with van der Waals surface area (Å²) < 4.78 is 32.7. The van der Waals surface area contributed by atoms with Crippen molar-refractivity contribution in [1.82, 2.24) is 4.31 Å². The zero-order valence-electron chi connectivity index (χ0n) is 18.2. The quantitative estimate of drug-likeness (QED) is 0.644. The standard InChI is InChI=1S/C24H28N2O5S/c1-18(23(27)26-17-14-19-8-4-5-9-22(19)26)31-24(28)20-10-12-21(13-11-20)32(29,30)25-15-6-2-3-7-16-25/h4-5,8-13,18H,2-3,6-7,14-17H2,1H3/t18-/m0/s1. The lowest BCUT2D eigenvalue weighted by Gasteiger charge is -2.22. The van der Waals surface area contributed by atoms with E-state index in [1.54, 1.807) is 11.8 Å². The zero-order chi connectivity index (χ0) is 22.7. The molecule has 4 rings (SSSR count). The number of ether oxygens (including phenoxy) is 1. The van der Waals surface area contributed by atoms with Crippen LogP contribution < -0.4 is 4.90 Å². The summed E-state index contributed by atoms with van der Waals surface area (Å²) in [4.78, 5) is 27.2. The summed E-state index contributed by atoms with van der Waals surface area (Å²) in [7, 11) is -3.58. The van der Waals surface area contributed by atoms with Crippen molar-refractivity contribution in [2.75, 3.05) is 24.5 Å². The molecule has 1 atom stereocenters. The third-order valence-corrected chi connectivity index (χ3v) is 7.99. The highest BCUT2D eigenvalue weighted by atomic mass is 32.2. The van der Waals surface area contributed by atoms with E-state index >= 15 is 0 Å². The van der Waals surface area contributed by atoms with Crippen LogP contribution in [0.5, 0.6) is 0 Å². The molecule has 0 spiro atoms. The molecule has 170 valence electrons. The van der Waals surface area contributed by atoms with Crippen molar-refractivity contribution in [3.05, 3.63) is 59.7 Å². The van der Waals surface area contributed by atoms with E-state index < -0.39 is 22.1 Å². The largest absolute Gasteiger partial charge is 0.449 e. The summed E-state index contributed by atoms with van der Waals surface area (Å²) in [6, 6.07) is 13.4. The average molecular weight is 457 g/mol. The summed E-state index contributed by atoms with van der Waals surface area (Å²) in [5.41, 5.74) is 2.16. The van der Waals surface area contributed by atoms with Gasteiger partial charge in [-0.2, -0.15) is 4.31 Å². The van der Waals surface area contributed by atoms with Crippen molar-refractivity contribution in [1.29, 1.82) is 0 Å². The van der Waals surface area contributed by atoms with Gasteiger partial charge in [0.15, 0.2) is 6.10 Å². The molecule has 1 amide bonds. The van der Waals surface area contributed by atoms with Crippen molar-refractivity contribution < 1.29 is 22.7 Å². The number of hydrogen-bond donors (Lipinski definition) is 0. The van der Waals surface area contributed by atoms with Crippen LogP contribution in [0.1, 0.15) is 48.5 Å². The van der Waals surface area contributed by atoms with Crippen LogP contribution in [0.15, 0.2) is 53.4 Å². The van der Waals surface area contributed by atoms with Crippen LogP contribution in [-0.4, -0.2) is 50.3 Å². The summed E-state index contributed by atoms with van der Waals surface area (Å²) in [6.07, 6.45) is 3.62. The van der Waals surface area contributed by atoms with Gasteiger partial charge in [0.25, 0.3) is 5.91 Å². The number of fused-ring (bicyclic) bond motifs is 1. The minimum absolute atomic E-state index is 0.161. The molecule has 2 aromatic rings. The minimum atomic E-state index is -3.58. The Morgan fingerprint density at radius 3 is 2.25 bits per heavy atom. The highest BCUT2D eigenvalue weighted by molar-refractivity contribution is 7.89. The highest BCUT2D eigenvalue weighted by Gasteiger charge is 2.30. The van der Waals surface area contributed by atoms with Crippen LogP contribution in [0, 0.1) is 0 Å². The van der Waals surface area contributed by atoms with Crippen LogP contribution >= 0.6 is 0 Å². The van der Waals surface area contributed by atoms with E-state index in [-0.39, 0.29) is 16.4 Å². The number of esters is 1. The van der Waals surface area contributed by atoms with Gasteiger partial charge in [-0.05, 0) is 62.1 Å². The summed E-state index contributed by atoms with van der Waals surface area (Å²) in [6.45, 7) is 3.15. The lowest BCUT2D eigenvalue weighted by Crippen LogP contribution is -2.39. The van der Waals surface area contributed by atoms with Gasteiger partial charge >= 0.3 is 5.97 Å². The number of nitrogens with zero attached hydrogens (tertiary/aromatic N) is 2. The number of carbonyl (C=O) groups is 2. The van der Waals surface area contributed by atoms with Crippen LogP contribution in [0.3, 0.4) is 0 Å². The molecule has 2 heterocycles. The van der Waals surface area contributed by atoms with Gasteiger partial charge in [0.05, 0.1) is 10.5 Å². The molecule has 1 fully saturated rings. The Labute approximate surface area is 189 Å². The Bertz CT molecular complexity index is 1090. The first kappa shape index (κ1) is 22.5. The number of anilines is 1. The second kappa shape index (κ2) is 9.42. The molecule has 2 aliphatic heterocycles. The van der Waals surface area contributed by atoms with Crippen LogP contribution in [0.4, 0.5) is 5.69 Å². The van der Waals surface area contributed by atoms with Crippen molar-refractivity contribution in [2.24, 2.45) is 0 Å². The number of amides is 1. The molecule has 7 nitrogen and oxygen atoms in total. The summed E-state index contributed by atoms with van der Waals surface area (Å²) >= 11 is 0. The van der Waals surface area contributed by atoms with E-state index in [0.29, 0.717) is 19.6 Å². The smallest absolute Gasteiger partial charge is 0.338 e. The van der Waals surface area contributed by atoms with E-state index in [9.17, 15) is 18.0 Å². The lowest BCUT2D eigenvalue weighted by atomic mass is 10.2. The van der Waals surface area contributed by atoms with Crippen LogP contribution in [0.2, 0.25) is 0 Å². The molecule has 1 saturated heterocycles. The molecule has 0 bridgehead atoms. The van der Waals surface area contributed by atoms with Gasteiger partial charge in [-0.25, -0.2) is 13.2 Å². The van der Waals surface area contributed by atoms with Crippen LogP contribution in [-0.2, 0) is 26.0 Å². The van der Waals surface area contributed by atoms with Gasteiger partial charge in [0.1, 0.15) is 0 Å². The number of para-hydroxylation sites is 1. The fourth-order valence-electron chi connectivity index (χ4n) is 4.26. The zero-order valence-corrected chi connectivity index (χ0v) is 19.0. The van der Waals surface area contributed by atoms with E-state index in [2.05, 4.69) is 0 Å². The molecule has 0 aliphatic carbocycles. The first-order valence-corrected chi connectivity index (χ1v) is 12.5. The fourth-order valence-corrected chi connectivity index (χ4v) is 5.78. The molecular formula is C24H28N2O5S. The van der Waals surface area contributed by atoms with E-state index in [4.69, 9.17) is 4.74 Å². The Morgan fingerprint density at radius 1 is 0.906 bits per heavy atom. The monoisotopic (exact) mass is 456 g/mol. The van der Waals surface area contributed by atoms with Gasteiger partial charge in [0, 0.05) is 25.3 Å². The molecule has 2 aliphatic rings. The van der Waals surface area contributed by atoms with Crippen molar-refractivity contribution >= 4 is 27.6 Å². The number of sulfonamides is 1. The predicted molar refractivity (Wildman–Crippen MR) is 121 cm³/mol. The highest BCUT2D eigenvalue weighted by Crippen LogP contribution is 2.28. The molecule has 0 N–H and O–H groups in total. The second-order valence-corrected chi connectivity index (χ2v) is 10.2. The number of benzene rings is 2. The van der Waals surface area contributed by atoms with E-state index in [0.717, 1.165) is 43.4 Å². The van der Waals surface area contributed by atoms with Gasteiger partial charge < -0.3 is 9.64 Å². The third-order valence-electron chi connectivity index (χ3n) is 6.08. The molecule has 0 unspecified atom stereocenters. The maximum absolute atomic E-state index is 12.9. The summed E-state index contributed by atoms with van der Waals surface area (Å²) in [5.74, 6) is -0.930. The molecule has 0 radical (unpaired) electrons. The molecule has 0 aromatic heterocycles. The number of hydrogen-bond acceptors (Lipinski definition) is 5. The Balaban J connectivity index is 1.41. The molecule has 32 heavy (non-hydrogen) atoms. The van der Waals surface area contributed by atoms with E-state index in [1.807, 2.05) is 24.3 Å². The van der Waals surface area contributed by atoms with Crippen molar-refractivity contribution in [2.45, 2.75) is 50.0 Å². The SMILES string of the molecule is C[C@H](OC(=O)c1ccc(S(=O)(=O)N2CCCCCC2)cc1)C(=O)N1CCc2ccccc21. The first-order chi connectivity index (χ1) is 15.4. The Kier molecular flexibility index (Phi) is 6.62. The Morgan fingerprint density at radius 2 is 1.56 bits per heavy atom. The Hall–Kier alpha value is -2.71. The van der Waals surface area contributed by atoms with E-state index in [1.165, 1.54) is 28.6 Å². The van der Waals surface area contributed by atoms with Gasteiger partial charge in [-0.3, -0.25) is 4.79 Å². The van der Waals surface area contributed by atoms with Crippen LogP contribution in [0.25, 0.3) is 0 Å². The maximum Gasteiger partial charge on any atom is 0.338 e. The second-order valence-electron chi connectivity index (χ2n) is 8.26. The normalized spacial score (nSPS) is 18.0. The lowest BCUT2D eigenvalue weighted by molar-refractivity contribution is -0.126. The topological polar surface area (TPSA) is 84.0 Å². The minimum Gasteiger partial charge on any atom is -0.449 e. The number of rotatable bonds is 5. The third kappa shape index (κ3) is 4.56.